The van der Waals surface area contributed by atoms with Crippen LogP contribution in [0.15, 0.2) is 23.2 Å². The Morgan fingerprint density at radius 1 is 1.42 bits per heavy atom. The van der Waals surface area contributed by atoms with Gasteiger partial charge < -0.3 is 15.4 Å². The van der Waals surface area contributed by atoms with Crippen LogP contribution in [-0.2, 0) is 4.74 Å². The van der Waals surface area contributed by atoms with Gasteiger partial charge >= 0.3 is 0 Å². The molecule has 0 spiro atoms. The van der Waals surface area contributed by atoms with Gasteiger partial charge in [-0.1, -0.05) is 29.3 Å². The molecule has 0 bridgehead atoms. The molecule has 2 aliphatic heterocycles. The third-order valence-corrected chi connectivity index (χ3v) is 5.60. The number of nitrogens with zero attached hydrogens (tertiary/aromatic N) is 2. The summed E-state index contributed by atoms with van der Waals surface area (Å²) in [6, 6.07) is 6.21. The zero-order valence-corrected chi connectivity index (χ0v) is 17.0. The molecule has 0 radical (unpaired) electrons. The quantitative estimate of drug-likeness (QED) is 0.588. The summed E-state index contributed by atoms with van der Waals surface area (Å²) in [4.78, 5) is 7.28. The lowest BCUT2D eigenvalue weighted by Gasteiger charge is -2.34. The van der Waals surface area contributed by atoms with E-state index in [0.29, 0.717) is 22.6 Å². The van der Waals surface area contributed by atoms with Crippen molar-refractivity contribution in [3.8, 4) is 0 Å². The highest BCUT2D eigenvalue weighted by Crippen LogP contribution is 2.26. The van der Waals surface area contributed by atoms with E-state index in [1.54, 1.807) is 6.07 Å². The van der Waals surface area contributed by atoms with Crippen molar-refractivity contribution >= 4 is 29.2 Å². The van der Waals surface area contributed by atoms with E-state index >= 15 is 0 Å². The standard InChI is InChI=1S/C19H28Cl2N4O/c1-3-22-19(24-13(2)17-7-6-14(20)9-18(17)21)23-10-16-11-25-8-4-5-15(25)12-26-16/h6-7,9,13,15-16H,3-5,8,10-12H2,1-2H3,(H2,22,23,24). The Morgan fingerprint density at radius 2 is 2.27 bits per heavy atom. The maximum absolute atomic E-state index is 6.33. The lowest BCUT2D eigenvalue weighted by Crippen LogP contribution is -2.47. The summed E-state index contributed by atoms with van der Waals surface area (Å²) in [5.74, 6) is 0.776. The fraction of sp³-hybridized carbons (Fsp3) is 0.632. The molecule has 0 amide bonds. The third kappa shape index (κ3) is 5.03. The average Bonchev–Trinajstić information content (AvgIpc) is 3.07. The Labute approximate surface area is 166 Å². The highest BCUT2D eigenvalue weighted by atomic mass is 35.5. The second-order valence-electron chi connectivity index (χ2n) is 7.00. The molecule has 2 saturated heterocycles. The number of fused-ring (bicyclic) bond motifs is 1. The Balaban J connectivity index is 1.59. The Kier molecular flexibility index (Phi) is 7.04. The first-order valence-corrected chi connectivity index (χ1v) is 10.2. The summed E-state index contributed by atoms with van der Waals surface area (Å²) in [6.45, 7) is 8.58. The molecule has 0 saturated carbocycles. The smallest absolute Gasteiger partial charge is 0.191 e. The summed E-state index contributed by atoms with van der Waals surface area (Å²) in [5, 5.41) is 8.02. The molecule has 26 heavy (non-hydrogen) atoms. The van der Waals surface area contributed by atoms with Gasteiger partial charge in [-0.25, -0.2) is 0 Å². The van der Waals surface area contributed by atoms with Crippen LogP contribution in [-0.4, -0.2) is 55.8 Å². The molecule has 5 nitrogen and oxygen atoms in total. The molecule has 3 unspecified atom stereocenters. The minimum absolute atomic E-state index is 0.0211. The van der Waals surface area contributed by atoms with Crippen LogP contribution < -0.4 is 10.6 Å². The molecule has 1 aromatic carbocycles. The second-order valence-corrected chi connectivity index (χ2v) is 7.84. The summed E-state index contributed by atoms with van der Waals surface area (Å²) in [6.07, 6.45) is 2.71. The van der Waals surface area contributed by atoms with E-state index in [2.05, 4.69) is 29.4 Å². The van der Waals surface area contributed by atoms with Gasteiger partial charge in [0.15, 0.2) is 5.96 Å². The van der Waals surface area contributed by atoms with Crippen molar-refractivity contribution in [2.75, 3.05) is 32.8 Å². The van der Waals surface area contributed by atoms with Gasteiger partial charge in [-0.05, 0) is 50.9 Å². The molecule has 2 aliphatic rings. The molecule has 3 atom stereocenters. The predicted molar refractivity (Wildman–Crippen MR) is 108 cm³/mol. The largest absolute Gasteiger partial charge is 0.373 e. The van der Waals surface area contributed by atoms with Crippen LogP contribution in [0.1, 0.15) is 38.3 Å². The van der Waals surface area contributed by atoms with Crippen LogP contribution in [0.5, 0.6) is 0 Å². The number of nitrogens with one attached hydrogen (secondary N) is 2. The van der Waals surface area contributed by atoms with Crippen LogP contribution in [0, 0.1) is 0 Å². The number of morpholine rings is 1. The Morgan fingerprint density at radius 3 is 3.04 bits per heavy atom. The minimum Gasteiger partial charge on any atom is -0.373 e. The number of halogens is 2. The maximum Gasteiger partial charge on any atom is 0.191 e. The van der Waals surface area contributed by atoms with Gasteiger partial charge in [0, 0.05) is 29.2 Å². The van der Waals surface area contributed by atoms with Crippen molar-refractivity contribution in [2.24, 2.45) is 4.99 Å². The third-order valence-electron chi connectivity index (χ3n) is 5.04. The number of ether oxygens (including phenoxy) is 1. The van der Waals surface area contributed by atoms with Gasteiger partial charge in [-0.2, -0.15) is 0 Å². The van der Waals surface area contributed by atoms with Crippen molar-refractivity contribution < 1.29 is 4.74 Å². The average molecular weight is 399 g/mol. The first kappa shape index (κ1) is 19.7. The van der Waals surface area contributed by atoms with Crippen molar-refractivity contribution in [3.05, 3.63) is 33.8 Å². The first-order chi connectivity index (χ1) is 12.6. The molecule has 1 aromatic rings. The van der Waals surface area contributed by atoms with Crippen LogP contribution >= 0.6 is 23.2 Å². The summed E-state index contributed by atoms with van der Waals surface area (Å²) in [7, 11) is 0. The van der Waals surface area contributed by atoms with Gasteiger partial charge in [-0.3, -0.25) is 9.89 Å². The fourth-order valence-electron chi connectivity index (χ4n) is 3.64. The lowest BCUT2D eigenvalue weighted by molar-refractivity contribution is -0.0432. The SMILES string of the molecule is CCNC(=NCC1CN2CCCC2CO1)NC(C)c1ccc(Cl)cc1Cl. The van der Waals surface area contributed by atoms with E-state index in [0.717, 1.165) is 31.2 Å². The zero-order chi connectivity index (χ0) is 18.5. The van der Waals surface area contributed by atoms with Gasteiger partial charge in [0.25, 0.3) is 0 Å². The van der Waals surface area contributed by atoms with Crippen LogP contribution in [0.4, 0.5) is 0 Å². The van der Waals surface area contributed by atoms with Gasteiger partial charge in [-0.15, -0.1) is 0 Å². The normalized spacial score (nSPS) is 25.0. The summed E-state index contributed by atoms with van der Waals surface area (Å²) in [5.41, 5.74) is 0.996. The summed E-state index contributed by atoms with van der Waals surface area (Å²) >= 11 is 12.3. The van der Waals surface area contributed by atoms with Crippen LogP contribution in [0.25, 0.3) is 0 Å². The highest BCUT2D eigenvalue weighted by molar-refractivity contribution is 6.35. The summed E-state index contributed by atoms with van der Waals surface area (Å²) < 4.78 is 6.00. The number of guanidine groups is 1. The van der Waals surface area contributed by atoms with E-state index < -0.39 is 0 Å². The van der Waals surface area contributed by atoms with E-state index in [9.17, 15) is 0 Å². The van der Waals surface area contributed by atoms with E-state index in [1.165, 1.54) is 19.4 Å². The van der Waals surface area contributed by atoms with Crippen molar-refractivity contribution in [3.63, 3.8) is 0 Å². The lowest BCUT2D eigenvalue weighted by atomic mass is 10.1. The van der Waals surface area contributed by atoms with Crippen LogP contribution in [0.3, 0.4) is 0 Å². The minimum atomic E-state index is 0.0211. The topological polar surface area (TPSA) is 48.9 Å². The number of hydrogen-bond acceptors (Lipinski definition) is 3. The van der Waals surface area contributed by atoms with E-state index in [-0.39, 0.29) is 12.1 Å². The molecule has 3 rings (SSSR count). The Bertz CT molecular complexity index is 640. The molecule has 7 heteroatoms. The monoisotopic (exact) mass is 398 g/mol. The van der Waals surface area contributed by atoms with E-state index in [1.807, 2.05) is 12.1 Å². The predicted octanol–water partition coefficient (Wildman–Crippen LogP) is 3.47. The molecule has 2 fully saturated rings. The van der Waals surface area contributed by atoms with Crippen molar-refractivity contribution in [1.82, 2.24) is 15.5 Å². The van der Waals surface area contributed by atoms with Gasteiger partial charge in [0.05, 0.1) is 25.3 Å². The zero-order valence-electron chi connectivity index (χ0n) is 15.5. The first-order valence-electron chi connectivity index (χ1n) is 9.42. The molecule has 0 aliphatic carbocycles. The Hall–Kier alpha value is -1.01. The van der Waals surface area contributed by atoms with Crippen molar-refractivity contribution in [2.45, 2.75) is 44.9 Å². The van der Waals surface area contributed by atoms with E-state index in [4.69, 9.17) is 32.9 Å². The number of aliphatic imine (C=N–C) groups is 1. The van der Waals surface area contributed by atoms with Crippen molar-refractivity contribution in [1.29, 1.82) is 0 Å². The van der Waals surface area contributed by atoms with Gasteiger partial charge in [0.1, 0.15) is 0 Å². The highest BCUT2D eigenvalue weighted by Gasteiger charge is 2.32. The second kappa shape index (κ2) is 9.27. The van der Waals surface area contributed by atoms with Crippen LogP contribution in [0.2, 0.25) is 10.0 Å². The number of benzene rings is 1. The molecule has 144 valence electrons. The van der Waals surface area contributed by atoms with Gasteiger partial charge in [0.2, 0.25) is 0 Å². The number of hydrogen-bond donors (Lipinski definition) is 2. The number of rotatable bonds is 5. The maximum atomic E-state index is 6.33. The fourth-order valence-corrected chi connectivity index (χ4v) is 4.22. The molecular formula is C19H28Cl2N4O. The molecule has 2 N–H and O–H groups in total. The molecule has 0 aromatic heterocycles. The molecular weight excluding hydrogens is 371 g/mol. The molecule has 2 heterocycles.